The van der Waals surface area contributed by atoms with E-state index in [9.17, 15) is 10.1 Å². The van der Waals surface area contributed by atoms with Crippen molar-refractivity contribution in [2.45, 2.75) is 60.5 Å². The van der Waals surface area contributed by atoms with Gasteiger partial charge >= 0.3 is 0 Å². The van der Waals surface area contributed by atoms with Gasteiger partial charge in [-0.05, 0) is 63.7 Å². The van der Waals surface area contributed by atoms with E-state index in [4.69, 9.17) is 26.1 Å². The van der Waals surface area contributed by atoms with Gasteiger partial charge in [-0.1, -0.05) is 58.4 Å². The van der Waals surface area contributed by atoms with Crippen molar-refractivity contribution >= 4 is 45.5 Å². The van der Waals surface area contributed by atoms with E-state index in [1.807, 2.05) is 71.1 Å². The van der Waals surface area contributed by atoms with Crippen molar-refractivity contribution in [1.82, 2.24) is 14.9 Å². The standard InChI is InChI=1S/C35H39ClN6O3.C2H6/c1-7-28-26(19-37)35(25-17-31(33(44-8-2)18-30(25)40-28)41-34(43)10-9-15-42(5)6)39-24-12-14-32(27(36)16-24)45-21-23-11-13-29(22(3)4)38-20-23;1-2/h9-14,16-18,20,22H,7-8,15,21H2,1-6H3,(H,39,40)(H,41,43);1-2H3/b10-9+;. The summed E-state index contributed by atoms with van der Waals surface area (Å²) < 4.78 is 11.9. The Morgan fingerprint density at radius 2 is 1.85 bits per heavy atom. The van der Waals surface area contributed by atoms with Crippen molar-refractivity contribution in [3.8, 4) is 17.6 Å². The van der Waals surface area contributed by atoms with Gasteiger partial charge in [0.05, 0.1) is 39.8 Å². The van der Waals surface area contributed by atoms with E-state index in [1.54, 1.807) is 30.3 Å². The van der Waals surface area contributed by atoms with Crippen LogP contribution in [0.25, 0.3) is 10.9 Å². The quantitative estimate of drug-likeness (QED) is 0.138. The third-order valence-corrected chi connectivity index (χ3v) is 7.24. The highest BCUT2D eigenvalue weighted by atomic mass is 35.5. The number of aromatic nitrogens is 2. The van der Waals surface area contributed by atoms with E-state index in [-0.39, 0.29) is 5.91 Å². The average molecular weight is 657 g/mol. The van der Waals surface area contributed by atoms with Crippen molar-refractivity contribution in [2.75, 3.05) is 37.9 Å². The first-order chi connectivity index (χ1) is 22.6. The number of nitrogens with one attached hydrogen (secondary N) is 2. The van der Waals surface area contributed by atoms with Gasteiger partial charge in [0.25, 0.3) is 0 Å². The van der Waals surface area contributed by atoms with Crippen molar-refractivity contribution in [3.05, 3.63) is 88.4 Å². The maximum atomic E-state index is 12.8. The predicted molar refractivity (Wildman–Crippen MR) is 192 cm³/mol. The summed E-state index contributed by atoms with van der Waals surface area (Å²) in [5.41, 5.74) is 5.33. The summed E-state index contributed by atoms with van der Waals surface area (Å²) in [6.07, 6.45) is 5.63. The predicted octanol–water partition coefficient (Wildman–Crippen LogP) is 8.64. The van der Waals surface area contributed by atoms with Crippen LogP contribution in [0.3, 0.4) is 0 Å². The molecule has 0 aliphatic carbocycles. The molecule has 2 aromatic carbocycles. The van der Waals surface area contributed by atoms with Crippen molar-refractivity contribution in [2.24, 2.45) is 0 Å². The first kappa shape index (κ1) is 36.8. The molecule has 9 nitrogen and oxygen atoms in total. The number of hydrogen-bond donors (Lipinski definition) is 2. The lowest BCUT2D eigenvalue weighted by Gasteiger charge is -2.18. The van der Waals surface area contributed by atoms with Gasteiger partial charge in [0.15, 0.2) is 0 Å². The van der Waals surface area contributed by atoms with Gasteiger partial charge in [-0.15, -0.1) is 0 Å². The summed E-state index contributed by atoms with van der Waals surface area (Å²) in [7, 11) is 3.85. The zero-order valence-electron chi connectivity index (χ0n) is 28.6. The number of aryl methyl sites for hydroxylation is 1. The van der Waals surface area contributed by atoms with Crippen LogP contribution in [0.4, 0.5) is 17.1 Å². The summed E-state index contributed by atoms with van der Waals surface area (Å²) in [5, 5.41) is 17.6. The molecule has 0 spiro atoms. The number of carbonyl (C=O) groups is 1. The number of carbonyl (C=O) groups excluding carboxylic acids is 1. The summed E-state index contributed by atoms with van der Waals surface area (Å²) in [5.74, 6) is 1.08. The number of nitriles is 1. The number of anilines is 3. The first-order valence-corrected chi connectivity index (χ1v) is 16.3. The third kappa shape index (κ3) is 9.92. The highest BCUT2D eigenvalue weighted by Crippen LogP contribution is 2.38. The molecular formula is C37H45ClN6O3. The van der Waals surface area contributed by atoms with Gasteiger partial charge in [0.2, 0.25) is 5.91 Å². The molecule has 248 valence electrons. The Bertz CT molecular complexity index is 1730. The number of ether oxygens (including phenoxy) is 2. The minimum atomic E-state index is -0.292. The van der Waals surface area contributed by atoms with Crippen molar-refractivity contribution in [3.63, 3.8) is 0 Å². The van der Waals surface area contributed by atoms with Crippen LogP contribution >= 0.6 is 11.6 Å². The Hall–Kier alpha value is -4.65. The van der Waals surface area contributed by atoms with Gasteiger partial charge < -0.3 is 25.0 Å². The summed E-state index contributed by atoms with van der Waals surface area (Å²) in [6, 6.07) is 15.3. The SMILES string of the molecule is CC.CCOc1cc2nc(CC)c(C#N)c(Nc3ccc(OCc4ccc(C(C)C)nc4)c(Cl)c3)c2cc1NC(=O)/C=C/CN(C)C. The Balaban J connectivity index is 0.00000294. The monoisotopic (exact) mass is 656 g/mol. The molecular weight excluding hydrogens is 612 g/mol. The molecule has 47 heavy (non-hydrogen) atoms. The number of rotatable bonds is 13. The molecule has 4 aromatic rings. The minimum absolute atomic E-state index is 0.292. The molecule has 0 radical (unpaired) electrons. The van der Waals surface area contributed by atoms with Gasteiger partial charge in [-0.2, -0.15) is 5.26 Å². The molecule has 2 heterocycles. The van der Waals surface area contributed by atoms with Gasteiger partial charge in [0.1, 0.15) is 24.2 Å². The molecule has 0 fully saturated rings. The molecule has 0 aliphatic rings. The van der Waals surface area contributed by atoms with Crippen LogP contribution in [0.1, 0.15) is 70.0 Å². The molecule has 1 amide bonds. The first-order valence-electron chi connectivity index (χ1n) is 15.9. The van der Waals surface area contributed by atoms with E-state index in [2.05, 4.69) is 35.5 Å². The average Bonchev–Trinajstić information content (AvgIpc) is 3.05. The van der Waals surface area contributed by atoms with Crippen LogP contribution in [0.15, 0.2) is 60.8 Å². The molecule has 10 heteroatoms. The van der Waals surface area contributed by atoms with Crippen molar-refractivity contribution in [1.29, 1.82) is 5.26 Å². The van der Waals surface area contributed by atoms with Crippen LogP contribution < -0.4 is 20.1 Å². The lowest BCUT2D eigenvalue weighted by molar-refractivity contribution is -0.111. The van der Waals surface area contributed by atoms with Gasteiger partial charge in [-0.25, -0.2) is 0 Å². The third-order valence-electron chi connectivity index (χ3n) is 6.94. The Morgan fingerprint density at radius 3 is 2.45 bits per heavy atom. The topological polar surface area (TPSA) is 112 Å². The number of pyridine rings is 2. The lowest BCUT2D eigenvalue weighted by atomic mass is 10.0. The van der Waals surface area contributed by atoms with Gasteiger partial charge in [-0.3, -0.25) is 14.8 Å². The fraction of sp³-hybridized carbons (Fsp3) is 0.351. The van der Waals surface area contributed by atoms with E-state index >= 15 is 0 Å². The molecule has 0 saturated carbocycles. The summed E-state index contributed by atoms with van der Waals surface area (Å²) >= 11 is 6.65. The van der Waals surface area contributed by atoms with Crippen LogP contribution in [0.5, 0.6) is 11.5 Å². The number of halogens is 1. The normalized spacial score (nSPS) is 10.9. The largest absolute Gasteiger partial charge is 0.492 e. The van der Waals surface area contributed by atoms with Crippen LogP contribution in [0, 0.1) is 11.3 Å². The number of fused-ring (bicyclic) bond motifs is 1. The second kappa shape index (κ2) is 17.9. The molecule has 0 saturated heterocycles. The van der Waals surface area contributed by atoms with Crippen molar-refractivity contribution < 1.29 is 14.3 Å². The Kier molecular flexibility index (Phi) is 14.0. The highest BCUT2D eigenvalue weighted by Gasteiger charge is 2.19. The fourth-order valence-corrected chi connectivity index (χ4v) is 4.86. The summed E-state index contributed by atoms with van der Waals surface area (Å²) in [6.45, 7) is 13.4. The van der Waals surface area contributed by atoms with Gasteiger partial charge in [0, 0.05) is 47.2 Å². The zero-order valence-corrected chi connectivity index (χ0v) is 29.3. The summed E-state index contributed by atoms with van der Waals surface area (Å²) in [4.78, 5) is 24.0. The number of amides is 1. The number of hydrogen-bond acceptors (Lipinski definition) is 8. The van der Waals surface area contributed by atoms with Crippen LogP contribution in [0.2, 0.25) is 5.02 Å². The zero-order chi connectivity index (χ0) is 34.5. The number of likely N-dealkylation sites (N-methyl/N-ethyl adjacent to an activating group) is 1. The second-order valence-corrected chi connectivity index (χ2v) is 11.4. The number of benzene rings is 2. The van der Waals surface area contributed by atoms with E-state index in [0.717, 1.165) is 11.3 Å². The Morgan fingerprint density at radius 1 is 1.09 bits per heavy atom. The fourth-order valence-electron chi connectivity index (χ4n) is 4.63. The number of nitrogens with zero attached hydrogens (tertiary/aromatic N) is 4. The molecule has 4 rings (SSSR count). The van der Waals surface area contributed by atoms with Crippen LogP contribution in [-0.2, 0) is 17.8 Å². The smallest absolute Gasteiger partial charge is 0.248 e. The Labute approximate surface area is 283 Å². The highest BCUT2D eigenvalue weighted by molar-refractivity contribution is 6.32. The van der Waals surface area contributed by atoms with E-state index < -0.39 is 0 Å². The van der Waals surface area contributed by atoms with E-state index in [1.165, 1.54) is 6.08 Å². The second-order valence-electron chi connectivity index (χ2n) is 11.0. The minimum Gasteiger partial charge on any atom is -0.492 e. The molecule has 0 bridgehead atoms. The molecule has 2 N–H and O–H groups in total. The molecule has 0 atom stereocenters. The molecule has 2 aromatic heterocycles. The lowest BCUT2D eigenvalue weighted by Crippen LogP contribution is -2.13. The van der Waals surface area contributed by atoms with E-state index in [0.29, 0.717) is 87.8 Å². The van der Waals surface area contributed by atoms with Crippen LogP contribution in [-0.4, -0.2) is 48.0 Å². The maximum Gasteiger partial charge on any atom is 0.248 e. The maximum absolute atomic E-state index is 12.8. The molecule has 0 unspecified atom stereocenters. The molecule has 0 aliphatic heterocycles.